The van der Waals surface area contributed by atoms with E-state index in [4.69, 9.17) is 11.6 Å². The van der Waals surface area contributed by atoms with Crippen LogP contribution in [0, 0.1) is 0 Å². The van der Waals surface area contributed by atoms with Gasteiger partial charge in [-0.1, -0.05) is 11.6 Å². The molecule has 27 heavy (non-hydrogen) atoms. The van der Waals surface area contributed by atoms with E-state index in [0.717, 1.165) is 18.5 Å². The molecule has 142 valence electrons. The molecule has 1 aliphatic rings. The summed E-state index contributed by atoms with van der Waals surface area (Å²) in [6.07, 6.45) is 5.31. The van der Waals surface area contributed by atoms with Gasteiger partial charge in [0.1, 0.15) is 0 Å². The third-order valence-corrected chi connectivity index (χ3v) is 4.63. The van der Waals surface area contributed by atoms with Crippen LogP contribution < -0.4 is 10.1 Å². The number of anilines is 1. The Balaban J connectivity index is 1.55. The lowest BCUT2D eigenvalue weighted by atomic mass is 10.1. The van der Waals surface area contributed by atoms with E-state index in [0.29, 0.717) is 17.4 Å². The highest BCUT2D eigenvalue weighted by atomic mass is 35.5. The van der Waals surface area contributed by atoms with Crippen molar-refractivity contribution in [3.05, 3.63) is 40.9 Å². The van der Waals surface area contributed by atoms with Crippen LogP contribution in [0.4, 0.5) is 14.6 Å². The number of hydrogen-bond acceptors (Lipinski definition) is 4. The summed E-state index contributed by atoms with van der Waals surface area (Å²) in [4.78, 5) is 16.8. The minimum atomic E-state index is -3.01. The van der Waals surface area contributed by atoms with Gasteiger partial charge in [-0.25, -0.2) is 4.98 Å². The molecule has 1 atom stereocenters. The molecule has 1 fully saturated rings. The number of nitrogens with one attached hydrogen (secondary N) is 2. The molecule has 1 saturated carbocycles. The second-order valence-corrected chi connectivity index (χ2v) is 6.93. The Morgan fingerprint density at radius 3 is 2.89 bits per heavy atom. The van der Waals surface area contributed by atoms with E-state index in [-0.39, 0.29) is 22.3 Å². The Morgan fingerprint density at radius 2 is 2.19 bits per heavy atom. The first-order valence-corrected chi connectivity index (χ1v) is 8.77. The number of imidazole rings is 1. The topological polar surface area (TPSA) is 84.3 Å². The first-order chi connectivity index (χ1) is 12.9. The molecule has 2 N–H and O–H groups in total. The summed E-state index contributed by atoms with van der Waals surface area (Å²) in [6.45, 7) is -1.34. The summed E-state index contributed by atoms with van der Waals surface area (Å²) in [5.74, 6) is -0.157. The van der Waals surface area contributed by atoms with Gasteiger partial charge in [0, 0.05) is 36.1 Å². The number of carbonyl (C=O) groups excluding carboxylic acids is 1. The number of aromatic amines is 1. The van der Waals surface area contributed by atoms with Crippen LogP contribution in [0.15, 0.2) is 24.5 Å². The number of amides is 1. The van der Waals surface area contributed by atoms with E-state index in [1.54, 1.807) is 13.1 Å². The number of carbonyl (C=O) groups is 1. The van der Waals surface area contributed by atoms with Crippen molar-refractivity contribution in [2.24, 2.45) is 0 Å². The Bertz CT molecular complexity index is 999. The van der Waals surface area contributed by atoms with Crippen molar-refractivity contribution in [2.45, 2.75) is 38.2 Å². The normalized spacial score (nSPS) is 15.3. The van der Waals surface area contributed by atoms with Crippen LogP contribution in [0.3, 0.4) is 0 Å². The fourth-order valence-electron chi connectivity index (χ4n) is 2.82. The standard InChI is InChI=1S/C17H16ClF2N5O2/c1-8(16(26)22-14-5-11(23-24-14)9-2-3-9)12-7-25-6-10(18)4-13(15(25)21-12)27-17(19)20/h4-9,17H,2-3H2,1H3,(H2,22,23,24,26)/t8-/m1/s1. The molecule has 7 nitrogen and oxygen atoms in total. The van der Waals surface area contributed by atoms with E-state index < -0.39 is 12.5 Å². The van der Waals surface area contributed by atoms with Gasteiger partial charge in [0.15, 0.2) is 17.2 Å². The minimum Gasteiger partial charge on any atom is -0.431 e. The first kappa shape index (κ1) is 17.7. The third kappa shape index (κ3) is 3.73. The minimum absolute atomic E-state index is 0.155. The van der Waals surface area contributed by atoms with Gasteiger partial charge in [-0.15, -0.1) is 0 Å². The van der Waals surface area contributed by atoms with Crippen LogP contribution in [0.25, 0.3) is 5.65 Å². The largest absolute Gasteiger partial charge is 0.431 e. The van der Waals surface area contributed by atoms with Crippen LogP contribution in [0.2, 0.25) is 5.02 Å². The van der Waals surface area contributed by atoms with Gasteiger partial charge in [0.2, 0.25) is 5.91 Å². The van der Waals surface area contributed by atoms with Crippen LogP contribution in [-0.4, -0.2) is 32.1 Å². The lowest BCUT2D eigenvalue weighted by molar-refractivity contribution is -0.117. The van der Waals surface area contributed by atoms with Crippen molar-refractivity contribution in [2.75, 3.05) is 5.32 Å². The van der Waals surface area contributed by atoms with Gasteiger partial charge >= 0.3 is 6.61 Å². The zero-order valence-corrected chi connectivity index (χ0v) is 15.0. The van der Waals surface area contributed by atoms with Gasteiger partial charge in [-0.3, -0.25) is 9.89 Å². The van der Waals surface area contributed by atoms with Crippen LogP contribution in [-0.2, 0) is 4.79 Å². The van der Waals surface area contributed by atoms with Gasteiger partial charge in [-0.2, -0.15) is 13.9 Å². The Hall–Kier alpha value is -2.68. The van der Waals surface area contributed by atoms with Crippen molar-refractivity contribution < 1.29 is 18.3 Å². The molecule has 0 radical (unpaired) electrons. The summed E-state index contributed by atoms with van der Waals surface area (Å²) in [5.41, 5.74) is 1.56. The molecular formula is C17H16ClF2N5O2. The van der Waals surface area contributed by atoms with Gasteiger partial charge < -0.3 is 14.5 Å². The summed E-state index contributed by atoms with van der Waals surface area (Å²) in [5, 5.41) is 9.96. The number of halogens is 3. The van der Waals surface area contributed by atoms with Gasteiger partial charge in [0.25, 0.3) is 0 Å². The van der Waals surface area contributed by atoms with E-state index in [1.807, 2.05) is 6.07 Å². The highest BCUT2D eigenvalue weighted by molar-refractivity contribution is 6.30. The fourth-order valence-corrected chi connectivity index (χ4v) is 3.02. The average molecular weight is 396 g/mol. The fraction of sp³-hybridized carbons (Fsp3) is 0.353. The smallest absolute Gasteiger partial charge is 0.387 e. The second-order valence-electron chi connectivity index (χ2n) is 6.49. The van der Waals surface area contributed by atoms with Gasteiger partial charge in [-0.05, 0) is 19.8 Å². The van der Waals surface area contributed by atoms with E-state index in [9.17, 15) is 13.6 Å². The number of H-pyrrole nitrogens is 1. The van der Waals surface area contributed by atoms with Crippen molar-refractivity contribution in [1.29, 1.82) is 0 Å². The third-order valence-electron chi connectivity index (χ3n) is 4.42. The summed E-state index contributed by atoms with van der Waals surface area (Å²) < 4.78 is 31.1. The molecule has 0 bridgehead atoms. The number of ether oxygens (including phenoxy) is 1. The highest BCUT2D eigenvalue weighted by Gasteiger charge is 2.26. The second kappa shape index (κ2) is 6.80. The molecule has 3 aromatic rings. The van der Waals surface area contributed by atoms with Crippen molar-refractivity contribution in [3.8, 4) is 5.75 Å². The van der Waals surface area contributed by atoms with Crippen LogP contribution >= 0.6 is 11.6 Å². The number of alkyl halides is 2. The molecule has 0 aliphatic heterocycles. The summed E-state index contributed by atoms with van der Waals surface area (Å²) in [7, 11) is 0. The van der Waals surface area contributed by atoms with E-state index >= 15 is 0 Å². The van der Waals surface area contributed by atoms with Crippen LogP contribution in [0.5, 0.6) is 5.75 Å². The highest BCUT2D eigenvalue weighted by Crippen LogP contribution is 2.39. The molecular weight excluding hydrogens is 380 g/mol. The maximum atomic E-state index is 12.6. The molecule has 0 spiro atoms. The molecule has 4 rings (SSSR count). The van der Waals surface area contributed by atoms with E-state index in [1.165, 1.54) is 16.7 Å². The predicted octanol–water partition coefficient (Wildman–Crippen LogP) is 3.93. The lowest BCUT2D eigenvalue weighted by Gasteiger charge is -2.07. The first-order valence-electron chi connectivity index (χ1n) is 8.40. The number of rotatable bonds is 6. The number of aromatic nitrogens is 4. The Kier molecular flexibility index (Phi) is 4.47. The van der Waals surface area contributed by atoms with Crippen molar-refractivity contribution in [3.63, 3.8) is 0 Å². The zero-order chi connectivity index (χ0) is 19.1. The zero-order valence-electron chi connectivity index (χ0n) is 14.2. The number of hydrogen-bond donors (Lipinski definition) is 2. The summed E-state index contributed by atoms with van der Waals surface area (Å²) >= 11 is 5.93. The molecule has 3 aromatic heterocycles. The lowest BCUT2D eigenvalue weighted by Crippen LogP contribution is -2.19. The molecule has 1 amide bonds. The monoisotopic (exact) mass is 395 g/mol. The van der Waals surface area contributed by atoms with Crippen molar-refractivity contribution >= 4 is 29.0 Å². The van der Waals surface area contributed by atoms with Gasteiger partial charge in [0.05, 0.1) is 16.6 Å². The molecule has 0 aromatic carbocycles. The van der Waals surface area contributed by atoms with Crippen molar-refractivity contribution in [1.82, 2.24) is 19.6 Å². The number of nitrogens with zero attached hydrogens (tertiary/aromatic N) is 3. The van der Waals surface area contributed by atoms with E-state index in [2.05, 4.69) is 25.2 Å². The van der Waals surface area contributed by atoms with Crippen LogP contribution in [0.1, 0.15) is 43.0 Å². The quantitative estimate of drug-likeness (QED) is 0.662. The molecule has 0 unspecified atom stereocenters. The predicted molar refractivity (Wildman–Crippen MR) is 94.4 cm³/mol. The molecule has 3 heterocycles. The average Bonchev–Trinajstić information content (AvgIpc) is 3.19. The maximum Gasteiger partial charge on any atom is 0.387 e. The Labute approximate surface area is 157 Å². The number of fused-ring (bicyclic) bond motifs is 1. The molecule has 1 aliphatic carbocycles. The summed E-state index contributed by atoms with van der Waals surface area (Å²) in [6, 6.07) is 3.08. The molecule has 10 heteroatoms. The SMILES string of the molecule is C[C@@H](C(=O)Nc1cc(C2CC2)[nH]n1)c1cn2cc(Cl)cc(OC(F)F)c2n1. The molecule has 0 saturated heterocycles. The maximum absolute atomic E-state index is 12.6. The Morgan fingerprint density at radius 1 is 1.41 bits per heavy atom. The number of pyridine rings is 1.